The van der Waals surface area contributed by atoms with Crippen molar-refractivity contribution in [1.29, 1.82) is 0 Å². The van der Waals surface area contributed by atoms with Gasteiger partial charge in [0.15, 0.2) is 0 Å². The van der Waals surface area contributed by atoms with Crippen LogP contribution in [-0.2, 0) is 4.79 Å². The minimum atomic E-state index is -0.830. The molecule has 2 amide bonds. The Hall–Kier alpha value is -1.88. The van der Waals surface area contributed by atoms with Crippen LogP contribution in [0.15, 0.2) is 24.3 Å². The number of nitrogens with two attached hydrogens (primary N) is 2. The van der Waals surface area contributed by atoms with Crippen LogP contribution in [0.5, 0.6) is 0 Å². The molecule has 0 bridgehead atoms. The molecule has 80 valence electrons. The normalized spacial score (nSPS) is 11.9. The molecule has 1 atom stereocenters. The Labute approximate surface area is 87.4 Å². The second kappa shape index (κ2) is 4.56. The molecule has 0 aliphatic heterocycles. The fraction of sp³-hybridized carbons (Fsp3) is 0.200. The maximum absolute atomic E-state index is 11.2. The van der Waals surface area contributed by atoms with Gasteiger partial charge in [0.2, 0.25) is 5.91 Å². The van der Waals surface area contributed by atoms with Gasteiger partial charge in [-0.25, -0.2) is 0 Å². The van der Waals surface area contributed by atoms with Crippen molar-refractivity contribution >= 4 is 11.8 Å². The largest absolute Gasteiger partial charge is 0.368 e. The Morgan fingerprint density at radius 2 is 1.80 bits per heavy atom. The monoisotopic (exact) mass is 207 g/mol. The molecular weight excluding hydrogens is 194 g/mol. The standard InChI is InChI=1S/C10H13N3O2/c1-13-10(15)7-4-2-6(3-5-7)8(11)9(12)14/h2-5,8H,11H2,1H3,(H2,12,14)(H,13,15). The van der Waals surface area contributed by atoms with Gasteiger partial charge in [0.25, 0.3) is 5.91 Å². The zero-order valence-corrected chi connectivity index (χ0v) is 8.36. The van der Waals surface area contributed by atoms with Crippen molar-refractivity contribution in [3.63, 3.8) is 0 Å². The minimum Gasteiger partial charge on any atom is -0.368 e. The third-order valence-corrected chi connectivity index (χ3v) is 2.07. The summed E-state index contributed by atoms with van der Waals surface area (Å²) in [6.07, 6.45) is 0. The number of hydrogen-bond acceptors (Lipinski definition) is 3. The van der Waals surface area contributed by atoms with Crippen molar-refractivity contribution in [3.05, 3.63) is 35.4 Å². The van der Waals surface area contributed by atoms with Crippen LogP contribution < -0.4 is 16.8 Å². The van der Waals surface area contributed by atoms with E-state index in [0.29, 0.717) is 11.1 Å². The molecular formula is C10H13N3O2. The highest BCUT2D eigenvalue weighted by atomic mass is 16.2. The van der Waals surface area contributed by atoms with Gasteiger partial charge in [-0.1, -0.05) is 12.1 Å². The minimum absolute atomic E-state index is 0.186. The molecule has 0 heterocycles. The van der Waals surface area contributed by atoms with E-state index < -0.39 is 11.9 Å². The molecule has 0 saturated heterocycles. The Bertz CT molecular complexity index is 373. The molecule has 1 aromatic carbocycles. The SMILES string of the molecule is CNC(=O)c1ccc(C(N)C(N)=O)cc1. The van der Waals surface area contributed by atoms with E-state index in [1.807, 2.05) is 0 Å². The lowest BCUT2D eigenvalue weighted by Gasteiger charge is -2.08. The summed E-state index contributed by atoms with van der Waals surface area (Å²) in [7, 11) is 1.55. The van der Waals surface area contributed by atoms with Crippen LogP contribution in [-0.4, -0.2) is 18.9 Å². The molecule has 0 radical (unpaired) electrons. The molecule has 1 aromatic rings. The predicted octanol–water partition coefficient (Wildman–Crippen LogP) is -0.469. The first-order valence-electron chi connectivity index (χ1n) is 4.43. The van der Waals surface area contributed by atoms with Crippen molar-refractivity contribution in [2.75, 3.05) is 7.05 Å². The molecule has 5 heteroatoms. The summed E-state index contributed by atoms with van der Waals surface area (Å²) in [6, 6.07) is 5.58. The van der Waals surface area contributed by atoms with E-state index in [1.54, 1.807) is 31.3 Å². The lowest BCUT2D eigenvalue weighted by atomic mass is 10.0. The van der Waals surface area contributed by atoms with E-state index in [9.17, 15) is 9.59 Å². The molecule has 1 unspecified atom stereocenters. The predicted molar refractivity (Wildman–Crippen MR) is 56.0 cm³/mol. The summed E-state index contributed by atoms with van der Waals surface area (Å²) >= 11 is 0. The van der Waals surface area contributed by atoms with Gasteiger partial charge < -0.3 is 16.8 Å². The molecule has 0 fully saturated rings. The van der Waals surface area contributed by atoms with Crippen LogP contribution >= 0.6 is 0 Å². The number of carbonyl (C=O) groups is 2. The van der Waals surface area contributed by atoms with Crippen molar-refractivity contribution in [2.24, 2.45) is 11.5 Å². The van der Waals surface area contributed by atoms with Gasteiger partial charge in [0.05, 0.1) is 0 Å². The summed E-state index contributed by atoms with van der Waals surface area (Å²) in [6.45, 7) is 0. The smallest absolute Gasteiger partial charge is 0.251 e. The number of amides is 2. The zero-order valence-electron chi connectivity index (χ0n) is 8.36. The van der Waals surface area contributed by atoms with Crippen LogP contribution in [0.4, 0.5) is 0 Å². The van der Waals surface area contributed by atoms with E-state index >= 15 is 0 Å². The molecule has 5 nitrogen and oxygen atoms in total. The van der Waals surface area contributed by atoms with Crippen molar-refractivity contribution in [3.8, 4) is 0 Å². The van der Waals surface area contributed by atoms with Gasteiger partial charge in [-0.05, 0) is 17.7 Å². The van der Waals surface area contributed by atoms with Crippen LogP contribution in [0, 0.1) is 0 Å². The van der Waals surface area contributed by atoms with Crippen molar-refractivity contribution < 1.29 is 9.59 Å². The van der Waals surface area contributed by atoms with E-state index in [-0.39, 0.29) is 5.91 Å². The number of rotatable bonds is 3. The molecule has 0 aliphatic rings. The van der Waals surface area contributed by atoms with E-state index in [0.717, 1.165) is 0 Å². The number of carbonyl (C=O) groups excluding carboxylic acids is 2. The van der Waals surface area contributed by atoms with Crippen LogP contribution in [0.25, 0.3) is 0 Å². The fourth-order valence-corrected chi connectivity index (χ4v) is 1.15. The molecule has 1 rings (SSSR count). The van der Waals surface area contributed by atoms with Crippen LogP contribution in [0.1, 0.15) is 22.0 Å². The first kappa shape index (κ1) is 11.2. The highest BCUT2D eigenvalue weighted by molar-refractivity contribution is 5.94. The van der Waals surface area contributed by atoms with Crippen LogP contribution in [0.3, 0.4) is 0 Å². The van der Waals surface area contributed by atoms with E-state index in [4.69, 9.17) is 11.5 Å². The highest BCUT2D eigenvalue weighted by Crippen LogP contribution is 2.11. The molecule has 0 aromatic heterocycles. The molecule has 0 spiro atoms. The van der Waals surface area contributed by atoms with Crippen molar-refractivity contribution in [1.82, 2.24) is 5.32 Å². The second-order valence-electron chi connectivity index (χ2n) is 3.08. The number of nitrogens with one attached hydrogen (secondary N) is 1. The average Bonchev–Trinajstić information content (AvgIpc) is 2.27. The molecule has 15 heavy (non-hydrogen) atoms. The lowest BCUT2D eigenvalue weighted by Crippen LogP contribution is -2.28. The highest BCUT2D eigenvalue weighted by Gasteiger charge is 2.12. The third-order valence-electron chi connectivity index (χ3n) is 2.07. The summed E-state index contributed by atoms with van der Waals surface area (Å²) < 4.78 is 0. The van der Waals surface area contributed by atoms with Crippen LogP contribution in [0.2, 0.25) is 0 Å². The summed E-state index contributed by atoms with van der Waals surface area (Å²) in [5.74, 6) is -0.781. The average molecular weight is 207 g/mol. The Balaban J connectivity index is 2.90. The maximum Gasteiger partial charge on any atom is 0.251 e. The first-order chi connectivity index (χ1) is 7.06. The van der Waals surface area contributed by atoms with Gasteiger partial charge in [0, 0.05) is 12.6 Å². The van der Waals surface area contributed by atoms with Gasteiger partial charge in [-0.15, -0.1) is 0 Å². The maximum atomic E-state index is 11.2. The van der Waals surface area contributed by atoms with Gasteiger partial charge in [-0.3, -0.25) is 9.59 Å². The summed E-state index contributed by atoms with van der Waals surface area (Å²) in [5.41, 5.74) is 11.7. The Morgan fingerprint density at radius 3 is 2.20 bits per heavy atom. The summed E-state index contributed by atoms with van der Waals surface area (Å²) in [5, 5.41) is 2.49. The molecule has 5 N–H and O–H groups in total. The van der Waals surface area contributed by atoms with Crippen molar-refractivity contribution in [2.45, 2.75) is 6.04 Å². The van der Waals surface area contributed by atoms with Gasteiger partial charge in [-0.2, -0.15) is 0 Å². The third kappa shape index (κ3) is 2.54. The second-order valence-corrected chi connectivity index (χ2v) is 3.08. The van der Waals surface area contributed by atoms with Gasteiger partial charge in [0.1, 0.15) is 6.04 Å². The number of primary amides is 1. The Kier molecular flexibility index (Phi) is 3.41. The topological polar surface area (TPSA) is 98.2 Å². The van der Waals surface area contributed by atoms with Gasteiger partial charge >= 0.3 is 0 Å². The quantitative estimate of drug-likeness (QED) is 0.625. The zero-order chi connectivity index (χ0) is 11.4. The summed E-state index contributed by atoms with van der Waals surface area (Å²) in [4.78, 5) is 22.0. The van der Waals surface area contributed by atoms with E-state index in [1.165, 1.54) is 0 Å². The number of benzene rings is 1. The number of hydrogen-bond donors (Lipinski definition) is 3. The fourth-order valence-electron chi connectivity index (χ4n) is 1.15. The Morgan fingerprint density at radius 1 is 1.27 bits per heavy atom. The first-order valence-corrected chi connectivity index (χ1v) is 4.43. The molecule has 0 aliphatic carbocycles. The molecule has 0 saturated carbocycles. The van der Waals surface area contributed by atoms with E-state index in [2.05, 4.69) is 5.32 Å². The lowest BCUT2D eigenvalue weighted by molar-refractivity contribution is -0.119.